The number of amides is 1. The summed E-state index contributed by atoms with van der Waals surface area (Å²) in [6.45, 7) is 7.73. The summed E-state index contributed by atoms with van der Waals surface area (Å²) in [6, 6.07) is 6.17. The molecule has 2 aromatic heterocycles. The van der Waals surface area contributed by atoms with Crippen LogP contribution in [0.1, 0.15) is 29.6 Å². The molecule has 1 amide bonds. The van der Waals surface area contributed by atoms with Gasteiger partial charge in [-0.15, -0.1) is 11.3 Å². The minimum absolute atomic E-state index is 0.128. The Balaban J connectivity index is 1.69. The van der Waals surface area contributed by atoms with Gasteiger partial charge in [-0.3, -0.25) is 9.48 Å². The second-order valence-electron chi connectivity index (χ2n) is 5.60. The monoisotopic (exact) mass is 305 g/mol. The van der Waals surface area contributed by atoms with Crippen LogP contribution in [-0.2, 0) is 17.8 Å². The first-order chi connectivity index (χ1) is 10.0. The number of thiophene rings is 1. The van der Waals surface area contributed by atoms with Gasteiger partial charge in [0.05, 0.1) is 5.69 Å². The quantitative estimate of drug-likeness (QED) is 0.855. The predicted octanol–water partition coefficient (Wildman–Crippen LogP) is 2.95. The number of nitrogens with one attached hydrogen (secondary N) is 1. The number of nitrogens with zero attached hydrogens (tertiary/aromatic N) is 2. The van der Waals surface area contributed by atoms with Crippen molar-refractivity contribution in [2.24, 2.45) is 5.92 Å². The van der Waals surface area contributed by atoms with Gasteiger partial charge in [-0.05, 0) is 43.7 Å². The molecule has 0 spiro atoms. The highest BCUT2D eigenvalue weighted by Crippen LogP contribution is 2.11. The van der Waals surface area contributed by atoms with Crippen LogP contribution in [0.5, 0.6) is 0 Å². The van der Waals surface area contributed by atoms with Crippen molar-refractivity contribution in [3.63, 3.8) is 0 Å². The Labute approximate surface area is 130 Å². The summed E-state index contributed by atoms with van der Waals surface area (Å²) in [7, 11) is 0. The zero-order valence-electron chi connectivity index (χ0n) is 12.9. The summed E-state index contributed by atoms with van der Waals surface area (Å²) in [5.74, 6) is 0.498. The van der Waals surface area contributed by atoms with Crippen LogP contribution >= 0.6 is 11.3 Å². The van der Waals surface area contributed by atoms with E-state index < -0.39 is 0 Å². The highest BCUT2D eigenvalue weighted by molar-refractivity contribution is 7.09. The minimum Gasteiger partial charge on any atom is -0.356 e. The Hall–Kier alpha value is -1.62. The van der Waals surface area contributed by atoms with Crippen molar-refractivity contribution in [3.8, 4) is 0 Å². The molecular formula is C16H23N3OS. The Bertz CT molecular complexity index is 574. The van der Waals surface area contributed by atoms with E-state index in [2.05, 4.69) is 36.4 Å². The highest BCUT2D eigenvalue weighted by Gasteiger charge is 2.09. The fourth-order valence-electron chi connectivity index (χ4n) is 2.29. The lowest BCUT2D eigenvalue weighted by molar-refractivity contribution is -0.121. The van der Waals surface area contributed by atoms with E-state index in [9.17, 15) is 4.79 Å². The van der Waals surface area contributed by atoms with E-state index in [0.29, 0.717) is 18.9 Å². The molecule has 21 heavy (non-hydrogen) atoms. The van der Waals surface area contributed by atoms with Gasteiger partial charge in [-0.1, -0.05) is 13.0 Å². The number of aryl methyl sites for hydroxylation is 3. The lowest BCUT2D eigenvalue weighted by Crippen LogP contribution is -2.30. The third kappa shape index (κ3) is 5.01. The maximum Gasteiger partial charge on any atom is 0.220 e. The molecule has 0 fully saturated rings. The van der Waals surface area contributed by atoms with E-state index >= 15 is 0 Å². The average Bonchev–Trinajstić information content (AvgIpc) is 3.04. The van der Waals surface area contributed by atoms with Gasteiger partial charge in [0.1, 0.15) is 0 Å². The molecule has 2 rings (SSSR count). The lowest BCUT2D eigenvalue weighted by atomic mass is 10.1. The number of carbonyl (C=O) groups excluding carboxylic acids is 1. The third-order valence-corrected chi connectivity index (χ3v) is 4.35. The topological polar surface area (TPSA) is 46.9 Å². The summed E-state index contributed by atoms with van der Waals surface area (Å²) in [6.07, 6.45) is 1.39. The Morgan fingerprint density at radius 2 is 2.29 bits per heavy atom. The maximum absolute atomic E-state index is 11.8. The molecule has 0 aliphatic carbocycles. The molecular weight excluding hydrogens is 282 g/mol. The van der Waals surface area contributed by atoms with Crippen molar-refractivity contribution in [2.75, 3.05) is 6.54 Å². The molecule has 0 radical (unpaired) electrons. The van der Waals surface area contributed by atoms with Crippen LogP contribution in [0.25, 0.3) is 0 Å². The summed E-state index contributed by atoms with van der Waals surface area (Å²) in [5.41, 5.74) is 2.21. The lowest BCUT2D eigenvalue weighted by Gasteiger charge is -2.14. The van der Waals surface area contributed by atoms with Crippen LogP contribution in [-0.4, -0.2) is 22.2 Å². The van der Waals surface area contributed by atoms with Crippen molar-refractivity contribution in [3.05, 3.63) is 39.8 Å². The fourth-order valence-corrected chi connectivity index (χ4v) is 3.00. The molecule has 2 heterocycles. The largest absolute Gasteiger partial charge is 0.356 e. The Morgan fingerprint density at radius 3 is 2.90 bits per heavy atom. The molecule has 4 nitrogen and oxygen atoms in total. The average molecular weight is 305 g/mol. The van der Waals surface area contributed by atoms with Gasteiger partial charge in [0.2, 0.25) is 5.91 Å². The zero-order valence-corrected chi connectivity index (χ0v) is 13.7. The SMILES string of the molecule is Cc1cc(C)n(CC(C)CNC(=O)CCc2cccs2)n1. The van der Waals surface area contributed by atoms with Crippen molar-refractivity contribution >= 4 is 17.2 Å². The van der Waals surface area contributed by atoms with Crippen LogP contribution < -0.4 is 5.32 Å². The van der Waals surface area contributed by atoms with Crippen molar-refractivity contribution in [2.45, 2.75) is 40.2 Å². The first-order valence-electron chi connectivity index (χ1n) is 7.34. The first kappa shape index (κ1) is 15.8. The van der Waals surface area contributed by atoms with Gasteiger partial charge in [0.25, 0.3) is 0 Å². The molecule has 114 valence electrons. The molecule has 1 N–H and O–H groups in total. The molecule has 0 aromatic carbocycles. The van der Waals surface area contributed by atoms with E-state index in [1.54, 1.807) is 11.3 Å². The maximum atomic E-state index is 11.8. The molecule has 5 heteroatoms. The molecule has 0 aliphatic rings. The molecule has 0 aliphatic heterocycles. The predicted molar refractivity (Wildman–Crippen MR) is 86.5 cm³/mol. The Kier molecular flexibility index (Phi) is 5.56. The zero-order chi connectivity index (χ0) is 15.2. The molecule has 0 bridgehead atoms. The summed E-state index contributed by atoms with van der Waals surface area (Å²) in [5, 5.41) is 9.51. The second-order valence-corrected chi connectivity index (χ2v) is 6.63. The second kappa shape index (κ2) is 7.41. The van der Waals surface area contributed by atoms with Gasteiger partial charge < -0.3 is 5.32 Å². The molecule has 1 atom stereocenters. The van der Waals surface area contributed by atoms with Crippen molar-refractivity contribution < 1.29 is 4.79 Å². The number of rotatable bonds is 7. The number of carbonyl (C=O) groups is 1. The van der Waals surface area contributed by atoms with Crippen LogP contribution in [0.4, 0.5) is 0 Å². The smallest absolute Gasteiger partial charge is 0.220 e. The highest BCUT2D eigenvalue weighted by atomic mass is 32.1. The standard InChI is InChI=1S/C16H23N3OS/c1-12(11-19-14(3)9-13(2)18-19)10-17-16(20)7-6-15-5-4-8-21-15/h4-5,8-9,12H,6-7,10-11H2,1-3H3,(H,17,20). The van der Waals surface area contributed by atoms with Gasteiger partial charge in [0.15, 0.2) is 0 Å². The summed E-state index contributed by atoms with van der Waals surface area (Å²) >= 11 is 1.70. The van der Waals surface area contributed by atoms with Crippen LogP contribution in [0.2, 0.25) is 0 Å². The summed E-state index contributed by atoms with van der Waals surface area (Å²) in [4.78, 5) is 13.1. The van der Waals surface area contributed by atoms with Crippen LogP contribution in [0, 0.1) is 19.8 Å². The van der Waals surface area contributed by atoms with Gasteiger partial charge in [-0.2, -0.15) is 5.10 Å². The molecule has 0 saturated heterocycles. The number of hydrogen-bond donors (Lipinski definition) is 1. The van der Waals surface area contributed by atoms with Gasteiger partial charge in [-0.25, -0.2) is 0 Å². The minimum atomic E-state index is 0.128. The normalized spacial score (nSPS) is 12.3. The Morgan fingerprint density at radius 1 is 1.48 bits per heavy atom. The third-order valence-electron chi connectivity index (χ3n) is 3.41. The fraction of sp³-hybridized carbons (Fsp3) is 0.500. The van der Waals surface area contributed by atoms with E-state index in [4.69, 9.17) is 0 Å². The molecule has 1 unspecified atom stereocenters. The van der Waals surface area contributed by atoms with Crippen LogP contribution in [0.15, 0.2) is 23.6 Å². The van der Waals surface area contributed by atoms with Gasteiger partial charge >= 0.3 is 0 Å². The molecule has 2 aromatic rings. The van der Waals surface area contributed by atoms with Crippen molar-refractivity contribution in [1.82, 2.24) is 15.1 Å². The van der Waals surface area contributed by atoms with E-state index in [1.165, 1.54) is 10.6 Å². The van der Waals surface area contributed by atoms with E-state index in [-0.39, 0.29) is 5.91 Å². The van der Waals surface area contributed by atoms with E-state index in [1.807, 2.05) is 23.1 Å². The van der Waals surface area contributed by atoms with E-state index in [0.717, 1.165) is 18.7 Å². The van der Waals surface area contributed by atoms with Crippen molar-refractivity contribution in [1.29, 1.82) is 0 Å². The number of aromatic nitrogens is 2. The first-order valence-corrected chi connectivity index (χ1v) is 8.22. The van der Waals surface area contributed by atoms with Gasteiger partial charge in [0, 0.05) is 30.1 Å². The summed E-state index contributed by atoms with van der Waals surface area (Å²) < 4.78 is 2.01. The van der Waals surface area contributed by atoms with Crippen LogP contribution in [0.3, 0.4) is 0 Å². The number of hydrogen-bond acceptors (Lipinski definition) is 3. The molecule has 0 saturated carbocycles.